The summed E-state index contributed by atoms with van der Waals surface area (Å²) in [5.41, 5.74) is 3.63. The summed E-state index contributed by atoms with van der Waals surface area (Å²) in [6.45, 7) is 6.13. The molecule has 1 rings (SSSR count). The maximum Gasteiger partial charge on any atom is 0.148 e. The highest BCUT2D eigenvalue weighted by atomic mass is 15.3. The summed E-state index contributed by atoms with van der Waals surface area (Å²) in [5, 5.41) is 3.40. The summed E-state index contributed by atoms with van der Waals surface area (Å²) < 4.78 is 0. The minimum Gasteiger partial charge on any atom is -0.370 e. The largest absolute Gasteiger partial charge is 0.370 e. The standard InChI is InChI=1S/C14H28N6/c1-5-8-12-17-13(11(2)14(18-12)19-15)16-9-6-7-10-20(3)4/h5-10,15H2,1-4H3,(H2,16,17,18,19). The summed E-state index contributed by atoms with van der Waals surface area (Å²) >= 11 is 0. The van der Waals surface area contributed by atoms with E-state index in [0.717, 1.165) is 49.6 Å². The Kier molecular flexibility index (Phi) is 7.25. The van der Waals surface area contributed by atoms with E-state index >= 15 is 0 Å². The van der Waals surface area contributed by atoms with Crippen LogP contribution in [0.4, 0.5) is 11.6 Å². The third kappa shape index (κ3) is 5.30. The van der Waals surface area contributed by atoms with Crippen molar-refractivity contribution in [2.24, 2.45) is 5.84 Å². The lowest BCUT2D eigenvalue weighted by Gasteiger charge is -2.14. The number of nitrogen functional groups attached to an aromatic ring is 1. The molecular formula is C14H28N6. The fraction of sp³-hybridized carbons (Fsp3) is 0.714. The van der Waals surface area contributed by atoms with E-state index < -0.39 is 0 Å². The highest BCUT2D eigenvalue weighted by Crippen LogP contribution is 2.19. The van der Waals surface area contributed by atoms with E-state index in [9.17, 15) is 0 Å². The van der Waals surface area contributed by atoms with Crippen molar-refractivity contribution in [2.75, 3.05) is 37.9 Å². The van der Waals surface area contributed by atoms with Crippen LogP contribution in [0.25, 0.3) is 0 Å². The van der Waals surface area contributed by atoms with Gasteiger partial charge in [0.2, 0.25) is 0 Å². The normalized spacial score (nSPS) is 10.9. The van der Waals surface area contributed by atoms with Crippen LogP contribution in [0.3, 0.4) is 0 Å². The Morgan fingerprint density at radius 1 is 1.15 bits per heavy atom. The second-order valence-electron chi connectivity index (χ2n) is 5.29. The minimum absolute atomic E-state index is 0.708. The van der Waals surface area contributed by atoms with Crippen molar-refractivity contribution in [3.8, 4) is 0 Å². The van der Waals surface area contributed by atoms with Gasteiger partial charge in [-0.05, 0) is 46.8 Å². The van der Waals surface area contributed by atoms with E-state index in [1.165, 1.54) is 6.42 Å². The number of hydrogen-bond acceptors (Lipinski definition) is 6. The van der Waals surface area contributed by atoms with Crippen LogP contribution in [0.5, 0.6) is 0 Å². The molecule has 1 aromatic heterocycles. The Morgan fingerprint density at radius 2 is 1.85 bits per heavy atom. The highest BCUT2D eigenvalue weighted by Gasteiger charge is 2.09. The molecule has 6 nitrogen and oxygen atoms in total. The quantitative estimate of drug-likeness (QED) is 0.363. The minimum atomic E-state index is 0.708. The molecule has 0 unspecified atom stereocenters. The Morgan fingerprint density at radius 3 is 2.45 bits per heavy atom. The number of unbranched alkanes of at least 4 members (excludes halogenated alkanes) is 1. The van der Waals surface area contributed by atoms with E-state index in [4.69, 9.17) is 5.84 Å². The number of aryl methyl sites for hydroxylation is 1. The molecule has 0 aliphatic heterocycles. The molecule has 0 radical (unpaired) electrons. The number of nitrogens with zero attached hydrogens (tertiary/aromatic N) is 3. The van der Waals surface area contributed by atoms with E-state index in [0.29, 0.717) is 5.82 Å². The molecule has 0 aliphatic rings. The van der Waals surface area contributed by atoms with Crippen LogP contribution < -0.4 is 16.6 Å². The molecule has 0 atom stereocenters. The summed E-state index contributed by atoms with van der Waals surface area (Å²) in [6, 6.07) is 0. The van der Waals surface area contributed by atoms with Crippen LogP contribution in [-0.4, -0.2) is 42.1 Å². The summed E-state index contributed by atoms with van der Waals surface area (Å²) in [5.74, 6) is 7.95. The number of hydrogen-bond donors (Lipinski definition) is 3. The smallest absolute Gasteiger partial charge is 0.148 e. The van der Waals surface area contributed by atoms with Crippen molar-refractivity contribution in [3.63, 3.8) is 0 Å². The third-order valence-electron chi connectivity index (χ3n) is 3.13. The van der Waals surface area contributed by atoms with Crippen LogP contribution in [-0.2, 0) is 6.42 Å². The van der Waals surface area contributed by atoms with Crippen LogP contribution >= 0.6 is 0 Å². The number of rotatable bonds is 9. The van der Waals surface area contributed by atoms with Gasteiger partial charge in [-0.3, -0.25) is 0 Å². The first-order valence-corrected chi connectivity index (χ1v) is 7.31. The Labute approximate surface area is 122 Å². The number of aromatic nitrogens is 2. The molecule has 0 saturated carbocycles. The fourth-order valence-corrected chi connectivity index (χ4v) is 1.97. The summed E-state index contributed by atoms with van der Waals surface area (Å²) in [7, 11) is 4.19. The van der Waals surface area contributed by atoms with Crippen molar-refractivity contribution < 1.29 is 0 Å². The van der Waals surface area contributed by atoms with Crippen LogP contribution in [0.2, 0.25) is 0 Å². The first kappa shape index (κ1) is 16.7. The molecule has 0 fully saturated rings. The van der Waals surface area contributed by atoms with E-state index in [-0.39, 0.29) is 0 Å². The number of nitrogens with one attached hydrogen (secondary N) is 2. The lowest BCUT2D eigenvalue weighted by Crippen LogP contribution is -2.16. The molecule has 1 aromatic rings. The van der Waals surface area contributed by atoms with Crippen molar-refractivity contribution >= 4 is 11.6 Å². The van der Waals surface area contributed by atoms with Crippen LogP contribution in [0, 0.1) is 6.92 Å². The van der Waals surface area contributed by atoms with Crippen molar-refractivity contribution in [2.45, 2.75) is 39.5 Å². The third-order valence-corrected chi connectivity index (χ3v) is 3.13. The van der Waals surface area contributed by atoms with Crippen LogP contribution in [0.15, 0.2) is 0 Å². The van der Waals surface area contributed by atoms with Gasteiger partial charge in [-0.25, -0.2) is 15.8 Å². The Balaban J connectivity index is 2.61. The predicted molar refractivity (Wildman–Crippen MR) is 84.9 cm³/mol. The fourth-order valence-electron chi connectivity index (χ4n) is 1.97. The van der Waals surface area contributed by atoms with Gasteiger partial charge in [0.25, 0.3) is 0 Å². The van der Waals surface area contributed by atoms with Gasteiger partial charge in [0.05, 0.1) is 0 Å². The molecule has 6 heteroatoms. The monoisotopic (exact) mass is 280 g/mol. The maximum absolute atomic E-state index is 5.52. The molecule has 0 amide bonds. The van der Waals surface area contributed by atoms with Crippen LogP contribution in [0.1, 0.15) is 37.6 Å². The Hall–Kier alpha value is -1.40. The molecule has 0 aromatic carbocycles. The predicted octanol–water partition coefficient (Wildman–Crippen LogP) is 1.78. The van der Waals surface area contributed by atoms with Gasteiger partial charge in [-0.1, -0.05) is 6.92 Å². The van der Waals surface area contributed by atoms with Crippen molar-refractivity contribution in [1.29, 1.82) is 0 Å². The first-order chi connectivity index (χ1) is 9.58. The van der Waals surface area contributed by atoms with Gasteiger partial charge in [-0.2, -0.15) is 0 Å². The molecule has 0 bridgehead atoms. The lowest BCUT2D eigenvalue weighted by molar-refractivity contribution is 0.396. The second kappa shape index (κ2) is 8.71. The molecule has 20 heavy (non-hydrogen) atoms. The van der Waals surface area contributed by atoms with Gasteiger partial charge < -0.3 is 15.6 Å². The number of nitrogens with two attached hydrogens (primary N) is 1. The average Bonchev–Trinajstić information content (AvgIpc) is 2.41. The van der Waals surface area contributed by atoms with Gasteiger partial charge in [-0.15, -0.1) is 0 Å². The van der Waals surface area contributed by atoms with Crippen molar-refractivity contribution in [3.05, 3.63) is 11.4 Å². The zero-order chi connectivity index (χ0) is 15.0. The summed E-state index contributed by atoms with van der Waals surface area (Å²) in [6.07, 6.45) is 4.18. The average molecular weight is 280 g/mol. The molecule has 4 N–H and O–H groups in total. The molecule has 114 valence electrons. The van der Waals surface area contributed by atoms with Gasteiger partial charge in [0.15, 0.2) is 0 Å². The first-order valence-electron chi connectivity index (χ1n) is 7.31. The maximum atomic E-state index is 5.52. The molecule has 0 saturated heterocycles. The lowest BCUT2D eigenvalue weighted by atomic mass is 10.2. The zero-order valence-corrected chi connectivity index (χ0v) is 13.2. The summed E-state index contributed by atoms with van der Waals surface area (Å²) in [4.78, 5) is 11.2. The number of hydrazine groups is 1. The molecule has 0 aliphatic carbocycles. The SMILES string of the molecule is CCCc1nc(NN)c(C)c(NCCCCN(C)C)n1. The van der Waals surface area contributed by atoms with Gasteiger partial charge in [0, 0.05) is 18.5 Å². The Bertz CT molecular complexity index is 405. The molecular weight excluding hydrogens is 252 g/mol. The van der Waals surface area contributed by atoms with Gasteiger partial charge in [0.1, 0.15) is 17.5 Å². The van der Waals surface area contributed by atoms with Gasteiger partial charge >= 0.3 is 0 Å². The van der Waals surface area contributed by atoms with Crippen molar-refractivity contribution in [1.82, 2.24) is 14.9 Å². The number of anilines is 2. The zero-order valence-electron chi connectivity index (χ0n) is 13.2. The second-order valence-corrected chi connectivity index (χ2v) is 5.29. The molecule has 1 heterocycles. The highest BCUT2D eigenvalue weighted by molar-refractivity contribution is 5.56. The van der Waals surface area contributed by atoms with E-state index in [2.05, 4.69) is 46.6 Å². The molecule has 0 spiro atoms. The van der Waals surface area contributed by atoms with E-state index in [1.807, 2.05) is 6.92 Å². The van der Waals surface area contributed by atoms with E-state index in [1.54, 1.807) is 0 Å². The topological polar surface area (TPSA) is 79.1 Å².